The zero-order chi connectivity index (χ0) is 16.0. The van der Waals surface area contributed by atoms with Gasteiger partial charge in [0, 0.05) is 19.8 Å². The molecule has 3 aromatic rings. The third-order valence-corrected chi connectivity index (χ3v) is 4.05. The topological polar surface area (TPSA) is 71.5 Å². The first kappa shape index (κ1) is 13.6. The summed E-state index contributed by atoms with van der Waals surface area (Å²) in [4.78, 5) is 11.3. The van der Waals surface area contributed by atoms with Crippen LogP contribution in [-0.4, -0.2) is 29.6 Å². The first-order chi connectivity index (χ1) is 11.1. The van der Waals surface area contributed by atoms with E-state index >= 15 is 0 Å². The van der Waals surface area contributed by atoms with Gasteiger partial charge in [0.2, 0.25) is 5.95 Å². The van der Waals surface area contributed by atoms with E-state index < -0.39 is 0 Å². The van der Waals surface area contributed by atoms with Gasteiger partial charge in [-0.15, -0.1) is 0 Å². The fraction of sp³-hybridized carbons (Fsp3) is 0.176. The van der Waals surface area contributed by atoms with E-state index in [1.54, 1.807) is 0 Å². The molecule has 0 amide bonds. The Hall–Kier alpha value is -3.02. The fourth-order valence-corrected chi connectivity index (χ4v) is 2.88. The van der Waals surface area contributed by atoms with Crippen molar-refractivity contribution in [3.05, 3.63) is 54.1 Å². The minimum atomic E-state index is -0.213. The molecule has 23 heavy (non-hydrogen) atoms. The van der Waals surface area contributed by atoms with Gasteiger partial charge in [-0.2, -0.15) is 0 Å². The molecule has 0 saturated carbocycles. The lowest BCUT2D eigenvalue weighted by Gasteiger charge is -2.24. The van der Waals surface area contributed by atoms with Crippen LogP contribution in [0.4, 0.5) is 11.6 Å². The van der Waals surface area contributed by atoms with Gasteiger partial charge in [-0.1, -0.05) is 24.3 Å². The minimum Gasteiger partial charge on any atom is -0.378 e. The van der Waals surface area contributed by atoms with E-state index in [0.29, 0.717) is 5.96 Å². The van der Waals surface area contributed by atoms with Crippen molar-refractivity contribution in [1.29, 1.82) is 0 Å². The van der Waals surface area contributed by atoms with Gasteiger partial charge in [-0.05, 0) is 29.8 Å². The lowest BCUT2D eigenvalue weighted by atomic mass is 10.1. The minimum absolute atomic E-state index is 0.213. The average Bonchev–Trinajstić information content (AvgIpc) is 2.92. The van der Waals surface area contributed by atoms with Gasteiger partial charge < -0.3 is 10.6 Å². The highest BCUT2D eigenvalue weighted by Gasteiger charge is 2.24. The van der Waals surface area contributed by atoms with Gasteiger partial charge in [-0.25, -0.2) is 9.98 Å². The molecular weight excluding hydrogens is 288 g/mol. The quantitative estimate of drug-likeness (QED) is 0.762. The second-order valence-electron chi connectivity index (χ2n) is 5.79. The van der Waals surface area contributed by atoms with Crippen LogP contribution in [0.2, 0.25) is 0 Å². The molecule has 1 atom stereocenters. The molecule has 0 bridgehead atoms. The van der Waals surface area contributed by atoms with Crippen LogP contribution in [0.3, 0.4) is 0 Å². The van der Waals surface area contributed by atoms with Crippen molar-refractivity contribution in [2.45, 2.75) is 6.17 Å². The standard InChI is InChI=1S/C17H18N6/c1-22(2)12-9-7-11(8-10-12)15-20-16(18)21-17-19-13-5-3-4-6-14(13)23(15)17/h3-10,15H,1-2H3,(H3,18,19,20,21)/t15-/m0/s1. The average molecular weight is 306 g/mol. The number of nitrogens with zero attached hydrogens (tertiary/aromatic N) is 4. The lowest BCUT2D eigenvalue weighted by Crippen LogP contribution is -2.31. The predicted octanol–water partition coefficient (Wildman–Crippen LogP) is 2.39. The summed E-state index contributed by atoms with van der Waals surface area (Å²) < 4.78 is 2.08. The first-order valence-electron chi connectivity index (χ1n) is 7.48. The van der Waals surface area contributed by atoms with E-state index in [1.165, 1.54) is 0 Å². The van der Waals surface area contributed by atoms with Gasteiger partial charge in [0.05, 0.1) is 11.0 Å². The number of benzene rings is 2. The van der Waals surface area contributed by atoms with Gasteiger partial charge in [0.1, 0.15) is 0 Å². The molecule has 0 aliphatic carbocycles. The third kappa shape index (κ3) is 2.19. The molecule has 2 heterocycles. The zero-order valence-electron chi connectivity index (χ0n) is 13.1. The molecule has 0 saturated heterocycles. The van der Waals surface area contributed by atoms with Crippen LogP contribution in [0.25, 0.3) is 11.0 Å². The second kappa shape index (κ2) is 5.01. The van der Waals surface area contributed by atoms with Crippen LogP contribution >= 0.6 is 0 Å². The molecule has 2 aromatic carbocycles. The summed E-state index contributed by atoms with van der Waals surface area (Å²) in [6, 6.07) is 16.4. The number of fused-ring (bicyclic) bond motifs is 3. The predicted molar refractivity (Wildman–Crippen MR) is 93.9 cm³/mol. The van der Waals surface area contributed by atoms with E-state index in [4.69, 9.17) is 5.73 Å². The summed E-state index contributed by atoms with van der Waals surface area (Å²) in [5.41, 5.74) is 10.1. The van der Waals surface area contributed by atoms with Gasteiger partial charge in [0.15, 0.2) is 12.1 Å². The zero-order valence-corrected chi connectivity index (χ0v) is 13.1. The summed E-state index contributed by atoms with van der Waals surface area (Å²) in [5.74, 6) is 1.11. The SMILES string of the molecule is CN(C)c1ccc([C@H]2N=C(N)Nc3nc4ccccc4n32)cc1. The van der Waals surface area contributed by atoms with Crippen LogP contribution in [-0.2, 0) is 0 Å². The molecule has 3 N–H and O–H groups in total. The highest BCUT2D eigenvalue weighted by molar-refractivity contribution is 5.94. The van der Waals surface area contributed by atoms with Crippen LogP contribution in [0.15, 0.2) is 53.5 Å². The third-order valence-electron chi connectivity index (χ3n) is 4.05. The monoisotopic (exact) mass is 306 g/mol. The molecule has 6 nitrogen and oxygen atoms in total. The Labute approximate surface area is 134 Å². The number of anilines is 2. The highest BCUT2D eigenvalue weighted by atomic mass is 15.4. The fourth-order valence-electron chi connectivity index (χ4n) is 2.88. The maximum Gasteiger partial charge on any atom is 0.212 e. The van der Waals surface area contributed by atoms with Gasteiger partial charge in [-0.3, -0.25) is 9.88 Å². The Balaban J connectivity index is 1.86. The van der Waals surface area contributed by atoms with Crippen molar-refractivity contribution >= 4 is 28.6 Å². The smallest absolute Gasteiger partial charge is 0.212 e. The van der Waals surface area contributed by atoms with Gasteiger partial charge in [0.25, 0.3) is 0 Å². The van der Waals surface area contributed by atoms with Crippen molar-refractivity contribution in [3.63, 3.8) is 0 Å². The number of nitrogens with one attached hydrogen (secondary N) is 1. The molecule has 6 heteroatoms. The molecule has 1 aromatic heterocycles. The van der Waals surface area contributed by atoms with Crippen molar-refractivity contribution in [2.75, 3.05) is 24.3 Å². The van der Waals surface area contributed by atoms with Crippen molar-refractivity contribution in [1.82, 2.24) is 9.55 Å². The van der Waals surface area contributed by atoms with Crippen LogP contribution < -0.4 is 16.0 Å². The van der Waals surface area contributed by atoms with Crippen molar-refractivity contribution < 1.29 is 0 Å². The molecule has 116 valence electrons. The number of hydrogen-bond donors (Lipinski definition) is 2. The van der Waals surface area contributed by atoms with E-state index in [1.807, 2.05) is 38.4 Å². The van der Waals surface area contributed by atoms with Crippen LogP contribution in [0, 0.1) is 0 Å². The van der Waals surface area contributed by atoms with Crippen LogP contribution in [0.1, 0.15) is 11.7 Å². The number of hydrogen-bond acceptors (Lipinski definition) is 5. The van der Waals surface area contributed by atoms with E-state index in [-0.39, 0.29) is 6.17 Å². The number of aromatic nitrogens is 2. The number of rotatable bonds is 2. The number of imidazole rings is 1. The summed E-state index contributed by atoms with van der Waals surface area (Å²) in [7, 11) is 4.05. The summed E-state index contributed by atoms with van der Waals surface area (Å²) in [5, 5.41) is 3.05. The molecule has 1 aliphatic rings. The molecular formula is C17H18N6. The Morgan fingerprint density at radius 1 is 1.09 bits per heavy atom. The molecule has 0 spiro atoms. The number of para-hydroxylation sites is 2. The summed E-state index contributed by atoms with van der Waals surface area (Å²) in [6.45, 7) is 0. The Morgan fingerprint density at radius 3 is 2.57 bits per heavy atom. The number of nitrogens with two attached hydrogens (primary N) is 1. The molecule has 0 radical (unpaired) electrons. The Morgan fingerprint density at radius 2 is 1.83 bits per heavy atom. The van der Waals surface area contributed by atoms with Gasteiger partial charge >= 0.3 is 0 Å². The highest BCUT2D eigenvalue weighted by Crippen LogP contribution is 2.32. The van der Waals surface area contributed by atoms with Crippen LogP contribution in [0.5, 0.6) is 0 Å². The summed E-state index contributed by atoms with van der Waals surface area (Å²) >= 11 is 0. The van der Waals surface area contributed by atoms with E-state index in [2.05, 4.69) is 49.0 Å². The lowest BCUT2D eigenvalue weighted by molar-refractivity contribution is 0.626. The number of aliphatic imine (C=N–C) groups is 1. The molecule has 1 aliphatic heterocycles. The van der Waals surface area contributed by atoms with E-state index in [9.17, 15) is 0 Å². The maximum atomic E-state index is 5.95. The Kier molecular flexibility index (Phi) is 2.97. The van der Waals surface area contributed by atoms with Crippen molar-refractivity contribution in [3.8, 4) is 0 Å². The molecule has 0 fully saturated rings. The first-order valence-corrected chi connectivity index (χ1v) is 7.48. The maximum absolute atomic E-state index is 5.95. The second-order valence-corrected chi connectivity index (χ2v) is 5.79. The van der Waals surface area contributed by atoms with E-state index in [0.717, 1.165) is 28.2 Å². The Bertz CT molecular complexity index is 891. The molecule has 0 unspecified atom stereocenters. The van der Waals surface area contributed by atoms with Crippen molar-refractivity contribution in [2.24, 2.45) is 10.7 Å². The largest absolute Gasteiger partial charge is 0.378 e. The normalized spacial score (nSPS) is 16.6. The summed E-state index contributed by atoms with van der Waals surface area (Å²) in [6.07, 6.45) is -0.213. The molecule has 4 rings (SSSR count). The number of guanidine groups is 1.